The first-order chi connectivity index (χ1) is 16.0. The largest absolute Gasteiger partial charge is 0.367 e. The van der Waals surface area contributed by atoms with Gasteiger partial charge in [-0.2, -0.15) is 5.10 Å². The minimum absolute atomic E-state index is 0.194. The third-order valence-electron chi connectivity index (χ3n) is 6.01. The molecule has 2 aromatic carbocycles. The molecule has 4 rings (SSSR count). The lowest BCUT2D eigenvalue weighted by Crippen LogP contribution is -2.46. The highest BCUT2D eigenvalue weighted by atomic mass is 35.5. The van der Waals surface area contributed by atoms with Crippen LogP contribution >= 0.6 is 11.6 Å². The van der Waals surface area contributed by atoms with E-state index in [4.69, 9.17) is 11.6 Å². The van der Waals surface area contributed by atoms with Gasteiger partial charge in [0.1, 0.15) is 5.15 Å². The summed E-state index contributed by atoms with van der Waals surface area (Å²) in [6, 6.07) is 18.0. The molecule has 7 heteroatoms. The standard InChI is InChI=1S/C26H30ClN5O/c1-3-30-15-17-31(18-16-30)24-12-8-7-11-23(24)28-25(33)14-13-22-20(2)29-32(26(22)27)19-21-9-5-4-6-10-21/h4-14H,3,15-19H2,1-2H3,(H,28,33)/b14-13+. The number of piperazine rings is 1. The van der Waals surface area contributed by atoms with Crippen molar-refractivity contribution in [3.63, 3.8) is 0 Å². The molecule has 1 amide bonds. The van der Waals surface area contributed by atoms with Crippen LogP contribution < -0.4 is 10.2 Å². The molecule has 1 aliphatic heterocycles. The van der Waals surface area contributed by atoms with E-state index in [1.54, 1.807) is 10.8 Å². The van der Waals surface area contributed by atoms with Gasteiger partial charge in [-0.05, 0) is 37.2 Å². The minimum atomic E-state index is -0.194. The van der Waals surface area contributed by atoms with Crippen molar-refractivity contribution in [3.05, 3.63) is 82.6 Å². The Bertz CT molecular complexity index is 1120. The molecular formula is C26H30ClN5O. The molecule has 6 nitrogen and oxygen atoms in total. The summed E-state index contributed by atoms with van der Waals surface area (Å²) in [5.41, 5.74) is 4.53. The number of anilines is 2. The lowest BCUT2D eigenvalue weighted by molar-refractivity contribution is -0.111. The second-order valence-electron chi connectivity index (χ2n) is 8.19. The van der Waals surface area contributed by atoms with Gasteiger partial charge in [-0.1, -0.05) is 61.0 Å². The Hall–Kier alpha value is -3.09. The van der Waals surface area contributed by atoms with E-state index < -0.39 is 0 Å². The zero-order valence-corrected chi connectivity index (χ0v) is 19.9. The average molecular weight is 464 g/mol. The molecule has 0 unspecified atom stereocenters. The van der Waals surface area contributed by atoms with E-state index in [1.807, 2.05) is 55.5 Å². The van der Waals surface area contributed by atoms with Crippen molar-refractivity contribution in [2.45, 2.75) is 20.4 Å². The maximum absolute atomic E-state index is 12.7. The Kier molecular flexibility index (Phi) is 7.47. The molecule has 0 aliphatic carbocycles. The maximum Gasteiger partial charge on any atom is 0.248 e. The molecule has 0 radical (unpaired) electrons. The monoisotopic (exact) mass is 463 g/mol. The van der Waals surface area contributed by atoms with Gasteiger partial charge in [-0.15, -0.1) is 0 Å². The number of nitrogens with zero attached hydrogens (tertiary/aromatic N) is 4. The van der Waals surface area contributed by atoms with Crippen LogP contribution in [0, 0.1) is 6.92 Å². The topological polar surface area (TPSA) is 53.4 Å². The lowest BCUT2D eigenvalue weighted by atomic mass is 10.2. The van der Waals surface area contributed by atoms with Gasteiger partial charge in [-0.3, -0.25) is 4.79 Å². The lowest BCUT2D eigenvalue weighted by Gasteiger charge is -2.36. The van der Waals surface area contributed by atoms with Crippen LogP contribution in [-0.4, -0.2) is 53.3 Å². The summed E-state index contributed by atoms with van der Waals surface area (Å²) in [5.74, 6) is -0.194. The zero-order valence-electron chi connectivity index (χ0n) is 19.2. The number of aryl methyl sites for hydroxylation is 1. The maximum atomic E-state index is 12.7. The van der Waals surface area contributed by atoms with Crippen molar-refractivity contribution in [3.8, 4) is 0 Å². The quantitative estimate of drug-likeness (QED) is 0.516. The first kappa shape index (κ1) is 23.1. The summed E-state index contributed by atoms with van der Waals surface area (Å²) in [4.78, 5) is 17.5. The van der Waals surface area contributed by atoms with Gasteiger partial charge in [0.25, 0.3) is 0 Å². The highest BCUT2D eigenvalue weighted by Crippen LogP contribution is 2.27. The van der Waals surface area contributed by atoms with Crippen molar-refractivity contribution < 1.29 is 4.79 Å². The van der Waals surface area contributed by atoms with E-state index in [9.17, 15) is 4.79 Å². The first-order valence-corrected chi connectivity index (χ1v) is 11.7. The number of halogens is 1. The number of para-hydroxylation sites is 2. The molecule has 0 atom stereocenters. The van der Waals surface area contributed by atoms with Gasteiger partial charge in [0.15, 0.2) is 0 Å². The number of aromatic nitrogens is 2. The van der Waals surface area contributed by atoms with Crippen LogP contribution in [0.3, 0.4) is 0 Å². The molecule has 1 aliphatic rings. The van der Waals surface area contributed by atoms with Gasteiger partial charge in [0.2, 0.25) is 5.91 Å². The van der Waals surface area contributed by atoms with Crippen LogP contribution in [0.2, 0.25) is 5.15 Å². The summed E-state index contributed by atoms with van der Waals surface area (Å²) < 4.78 is 1.76. The SMILES string of the molecule is CCN1CCN(c2ccccc2NC(=O)/C=C/c2c(C)nn(Cc3ccccc3)c2Cl)CC1. The van der Waals surface area contributed by atoms with Crippen molar-refractivity contribution >= 4 is 35.0 Å². The highest BCUT2D eigenvalue weighted by molar-refractivity contribution is 6.31. The fourth-order valence-electron chi connectivity index (χ4n) is 4.11. The molecule has 172 valence electrons. The molecule has 3 aromatic rings. The van der Waals surface area contributed by atoms with Crippen molar-refractivity contribution in [1.82, 2.24) is 14.7 Å². The number of likely N-dealkylation sites (N-methyl/N-ethyl adjacent to an activating group) is 1. The molecule has 1 saturated heterocycles. The number of benzene rings is 2. The van der Waals surface area contributed by atoms with E-state index in [0.29, 0.717) is 11.7 Å². The van der Waals surface area contributed by atoms with Gasteiger partial charge in [0.05, 0.1) is 23.6 Å². The number of carbonyl (C=O) groups is 1. The van der Waals surface area contributed by atoms with Crippen molar-refractivity contribution in [2.75, 3.05) is 42.9 Å². The molecule has 0 saturated carbocycles. The van der Waals surface area contributed by atoms with E-state index in [-0.39, 0.29) is 5.91 Å². The number of nitrogens with one attached hydrogen (secondary N) is 1. The molecule has 2 heterocycles. The predicted molar refractivity (Wildman–Crippen MR) is 136 cm³/mol. The molecule has 1 fully saturated rings. The smallest absolute Gasteiger partial charge is 0.248 e. The van der Waals surface area contributed by atoms with Gasteiger partial charge < -0.3 is 15.1 Å². The summed E-state index contributed by atoms with van der Waals surface area (Å²) in [7, 11) is 0. The van der Waals surface area contributed by atoms with Crippen LogP contribution in [-0.2, 0) is 11.3 Å². The summed E-state index contributed by atoms with van der Waals surface area (Å²) in [5, 5.41) is 8.11. The summed E-state index contributed by atoms with van der Waals surface area (Å²) in [6.07, 6.45) is 3.26. The van der Waals surface area contributed by atoms with Crippen LogP contribution in [0.15, 0.2) is 60.7 Å². The van der Waals surface area contributed by atoms with E-state index in [1.165, 1.54) is 6.08 Å². The molecule has 0 bridgehead atoms. The summed E-state index contributed by atoms with van der Waals surface area (Å²) >= 11 is 6.58. The van der Waals surface area contributed by atoms with E-state index in [0.717, 1.165) is 60.9 Å². The van der Waals surface area contributed by atoms with Crippen LogP contribution in [0.25, 0.3) is 6.08 Å². The van der Waals surface area contributed by atoms with Gasteiger partial charge >= 0.3 is 0 Å². The van der Waals surface area contributed by atoms with Gasteiger partial charge in [-0.25, -0.2) is 4.68 Å². The normalized spacial score (nSPS) is 14.7. The van der Waals surface area contributed by atoms with Crippen LogP contribution in [0.1, 0.15) is 23.7 Å². The summed E-state index contributed by atoms with van der Waals surface area (Å²) in [6.45, 7) is 9.71. The second kappa shape index (κ2) is 10.7. The third-order valence-corrected chi connectivity index (χ3v) is 6.41. The van der Waals surface area contributed by atoms with Crippen LogP contribution in [0.5, 0.6) is 0 Å². The Morgan fingerprint density at radius 3 is 2.48 bits per heavy atom. The second-order valence-corrected chi connectivity index (χ2v) is 8.55. The van der Waals surface area contributed by atoms with E-state index >= 15 is 0 Å². The molecule has 33 heavy (non-hydrogen) atoms. The Morgan fingerprint density at radius 1 is 1.06 bits per heavy atom. The Labute approximate surface area is 200 Å². The Balaban J connectivity index is 1.44. The van der Waals surface area contributed by atoms with Crippen LogP contribution in [0.4, 0.5) is 11.4 Å². The Morgan fingerprint density at radius 2 is 1.76 bits per heavy atom. The molecular weight excluding hydrogens is 434 g/mol. The number of hydrogen-bond donors (Lipinski definition) is 1. The third kappa shape index (κ3) is 5.64. The minimum Gasteiger partial charge on any atom is -0.367 e. The molecule has 0 spiro atoms. The molecule has 1 aromatic heterocycles. The number of carbonyl (C=O) groups excluding carboxylic acids is 1. The van der Waals surface area contributed by atoms with E-state index in [2.05, 4.69) is 33.2 Å². The fourth-order valence-corrected chi connectivity index (χ4v) is 4.41. The van der Waals surface area contributed by atoms with Crippen molar-refractivity contribution in [2.24, 2.45) is 0 Å². The first-order valence-electron chi connectivity index (χ1n) is 11.4. The zero-order chi connectivity index (χ0) is 23.2. The highest BCUT2D eigenvalue weighted by Gasteiger charge is 2.18. The molecule has 1 N–H and O–H groups in total. The van der Waals surface area contributed by atoms with Crippen molar-refractivity contribution in [1.29, 1.82) is 0 Å². The fraction of sp³-hybridized carbons (Fsp3) is 0.308. The number of rotatable bonds is 7. The predicted octanol–water partition coefficient (Wildman–Crippen LogP) is 4.69. The number of hydrogen-bond acceptors (Lipinski definition) is 4. The number of amides is 1. The van der Waals surface area contributed by atoms with Gasteiger partial charge in [0, 0.05) is 37.8 Å². The average Bonchev–Trinajstić information content (AvgIpc) is 3.10.